The SMILES string of the molecule is Fc1c[c-]c(-c2ccccn2)c(F)c1.[Ir+3].[c-]1ccccc1-c1cccc([C@]2(c3ccccn3)c3[c-]cccc3-c3ccccc32)n1. The van der Waals surface area contributed by atoms with Crippen molar-refractivity contribution in [1.82, 2.24) is 15.0 Å². The molecule has 0 spiro atoms. The van der Waals surface area contributed by atoms with Gasteiger partial charge in [-0.05, 0) is 41.2 Å². The van der Waals surface area contributed by atoms with E-state index >= 15 is 0 Å². The molecule has 0 unspecified atom stereocenters. The standard InChI is InChI=1S/C29H18N2.C11H6F2N.Ir/c1-2-11-21(12-3-1)26-17-10-19-28(31-26)29(27-18-8-9-20-30-27)24-15-6-4-13-22(24)23-14-5-7-16-25(23)29;12-8-4-5-9(10(13)7-8)11-3-1-2-6-14-11;/h1-11,13-15,17-20H;1-4,6-7H;/q-2;-1;+3/t29-;;/m0../s1. The van der Waals surface area contributed by atoms with E-state index in [-0.39, 0.29) is 25.7 Å². The molecular formula is C40H24F2IrN3. The van der Waals surface area contributed by atoms with Gasteiger partial charge in [-0.15, -0.1) is 59.2 Å². The molecule has 0 fully saturated rings. The number of fused-ring (bicyclic) bond motifs is 3. The summed E-state index contributed by atoms with van der Waals surface area (Å²) in [5.74, 6) is -1.29. The molecule has 1 aliphatic rings. The smallest absolute Gasteiger partial charge is 0.305 e. The predicted molar refractivity (Wildman–Crippen MR) is 171 cm³/mol. The van der Waals surface area contributed by atoms with Crippen molar-refractivity contribution in [3.8, 4) is 33.6 Å². The normalized spacial score (nSPS) is 14.2. The van der Waals surface area contributed by atoms with Gasteiger partial charge in [0.25, 0.3) is 0 Å². The van der Waals surface area contributed by atoms with Gasteiger partial charge in [-0.1, -0.05) is 71.8 Å². The first-order chi connectivity index (χ1) is 22.2. The number of aromatic nitrogens is 3. The number of hydrogen-bond donors (Lipinski definition) is 0. The van der Waals surface area contributed by atoms with Crippen LogP contribution in [0.5, 0.6) is 0 Å². The average Bonchev–Trinajstić information content (AvgIpc) is 3.41. The van der Waals surface area contributed by atoms with Crippen molar-refractivity contribution in [2.45, 2.75) is 5.41 Å². The maximum absolute atomic E-state index is 13.2. The molecule has 222 valence electrons. The Morgan fingerprint density at radius 1 is 0.587 bits per heavy atom. The van der Waals surface area contributed by atoms with E-state index in [0.717, 1.165) is 40.3 Å². The van der Waals surface area contributed by atoms with Gasteiger partial charge in [-0.2, -0.15) is 24.3 Å². The van der Waals surface area contributed by atoms with Crippen LogP contribution in [0.4, 0.5) is 8.78 Å². The molecule has 1 atom stereocenters. The summed E-state index contributed by atoms with van der Waals surface area (Å²) in [5.41, 5.74) is 8.45. The summed E-state index contributed by atoms with van der Waals surface area (Å²) in [4.78, 5) is 14.0. The van der Waals surface area contributed by atoms with Crippen molar-refractivity contribution in [1.29, 1.82) is 0 Å². The van der Waals surface area contributed by atoms with E-state index in [1.165, 1.54) is 16.7 Å². The summed E-state index contributed by atoms with van der Waals surface area (Å²) >= 11 is 0. The first-order valence-electron chi connectivity index (χ1n) is 14.4. The minimum atomic E-state index is -0.649. The molecule has 4 aromatic carbocycles. The Morgan fingerprint density at radius 3 is 2.07 bits per heavy atom. The van der Waals surface area contributed by atoms with Gasteiger partial charge in [-0.3, -0.25) is 18.7 Å². The van der Waals surface area contributed by atoms with Crippen molar-refractivity contribution in [2.75, 3.05) is 0 Å². The summed E-state index contributed by atoms with van der Waals surface area (Å²) < 4.78 is 25.8. The quantitative estimate of drug-likeness (QED) is 0.168. The van der Waals surface area contributed by atoms with Crippen molar-refractivity contribution < 1.29 is 28.9 Å². The third-order valence-corrected chi connectivity index (χ3v) is 7.80. The molecule has 0 amide bonds. The number of nitrogens with zero attached hydrogens (tertiary/aromatic N) is 3. The summed E-state index contributed by atoms with van der Waals surface area (Å²) in [6.45, 7) is 0. The van der Waals surface area contributed by atoms with Gasteiger partial charge in [0.15, 0.2) is 0 Å². The summed E-state index contributed by atoms with van der Waals surface area (Å²) in [6, 6.07) is 51.4. The van der Waals surface area contributed by atoms with Crippen LogP contribution in [-0.2, 0) is 25.5 Å². The summed E-state index contributed by atoms with van der Waals surface area (Å²) in [6.07, 6.45) is 3.40. The predicted octanol–water partition coefficient (Wildman–Crippen LogP) is 8.93. The summed E-state index contributed by atoms with van der Waals surface area (Å²) in [7, 11) is 0. The average molecular weight is 777 g/mol. The minimum absolute atomic E-state index is 0. The second-order valence-corrected chi connectivity index (χ2v) is 10.4. The molecule has 46 heavy (non-hydrogen) atoms. The van der Waals surface area contributed by atoms with E-state index in [1.54, 1.807) is 24.4 Å². The Morgan fingerprint density at radius 2 is 1.30 bits per heavy atom. The number of halogens is 2. The largest absolute Gasteiger partial charge is 3.00 e. The van der Waals surface area contributed by atoms with Crippen LogP contribution in [0.1, 0.15) is 22.5 Å². The van der Waals surface area contributed by atoms with Crippen molar-refractivity contribution in [3.63, 3.8) is 0 Å². The third kappa shape index (κ3) is 5.58. The van der Waals surface area contributed by atoms with Gasteiger partial charge < -0.3 is 4.98 Å². The molecule has 0 bridgehead atoms. The maximum Gasteiger partial charge on any atom is 3.00 e. The molecule has 0 N–H and O–H groups in total. The van der Waals surface area contributed by atoms with Crippen molar-refractivity contribution in [3.05, 3.63) is 198 Å². The third-order valence-electron chi connectivity index (χ3n) is 7.80. The first kappa shape index (κ1) is 30.8. The Kier molecular flexibility index (Phi) is 9.02. The number of rotatable bonds is 4. The monoisotopic (exact) mass is 777 g/mol. The summed E-state index contributed by atoms with van der Waals surface area (Å²) in [5, 5.41) is 0. The number of hydrogen-bond acceptors (Lipinski definition) is 3. The number of pyridine rings is 3. The fraction of sp³-hybridized carbons (Fsp3) is 0.0250. The fourth-order valence-corrected chi connectivity index (χ4v) is 5.90. The second-order valence-electron chi connectivity index (χ2n) is 10.4. The molecule has 7 aromatic rings. The van der Waals surface area contributed by atoms with Gasteiger partial charge in [0, 0.05) is 29.7 Å². The van der Waals surface area contributed by atoms with Gasteiger partial charge in [-0.25, -0.2) is 0 Å². The minimum Gasteiger partial charge on any atom is -0.305 e. The molecular weight excluding hydrogens is 753 g/mol. The van der Waals surface area contributed by atoms with E-state index in [1.807, 2.05) is 60.8 Å². The van der Waals surface area contributed by atoms with Gasteiger partial charge in [0.1, 0.15) is 0 Å². The Hall–Kier alpha value is -5.16. The van der Waals surface area contributed by atoms with Crippen LogP contribution in [0, 0.1) is 29.8 Å². The molecule has 6 heteroatoms. The van der Waals surface area contributed by atoms with E-state index in [0.29, 0.717) is 5.69 Å². The topological polar surface area (TPSA) is 38.7 Å². The Bertz CT molecular complexity index is 2040. The zero-order valence-electron chi connectivity index (χ0n) is 24.3. The maximum atomic E-state index is 13.2. The van der Waals surface area contributed by atoms with Gasteiger partial charge in [0.2, 0.25) is 0 Å². The molecule has 3 nitrogen and oxygen atoms in total. The molecule has 0 saturated carbocycles. The van der Waals surface area contributed by atoms with Crippen LogP contribution in [0.3, 0.4) is 0 Å². The molecule has 3 aromatic heterocycles. The molecule has 0 radical (unpaired) electrons. The van der Waals surface area contributed by atoms with E-state index < -0.39 is 17.0 Å². The van der Waals surface area contributed by atoms with Crippen molar-refractivity contribution >= 4 is 0 Å². The molecule has 0 aliphatic heterocycles. The second kappa shape index (κ2) is 13.5. The molecule has 0 saturated heterocycles. The fourth-order valence-electron chi connectivity index (χ4n) is 5.90. The van der Waals surface area contributed by atoms with Crippen LogP contribution in [0.15, 0.2) is 146 Å². The zero-order valence-corrected chi connectivity index (χ0v) is 26.7. The van der Waals surface area contributed by atoms with Crippen LogP contribution in [-0.4, -0.2) is 15.0 Å². The molecule has 8 rings (SSSR count). The molecule has 1 aliphatic carbocycles. The van der Waals surface area contributed by atoms with E-state index in [2.05, 4.69) is 71.7 Å². The zero-order chi connectivity index (χ0) is 30.6. The molecule has 3 heterocycles. The first-order valence-corrected chi connectivity index (χ1v) is 14.4. The van der Waals surface area contributed by atoms with Crippen LogP contribution in [0.25, 0.3) is 33.6 Å². The number of benzene rings is 4. The van der Waals surface area contributed by atoms with E-state index in [4.69, 9.17) is 9.97 Å². The van der Waals surface area contributed by atoms with E-state index in [9.17, 15) is 8.78 Å². The van der Waals surface area contributed by atoms with Crippen LogP contribution >= 0.6 is 0 Å². The van der Waals surface area contributed by atoms with Crippen molar-refractivity contribution in [2.24, 2.45) is 0 Å². The Balaban J connectivity index is 0.000000209. The van der Waals surface area contributed by atoms with Crippen LogP contribution in [0.2, 0.25) is 0 Å². The van der Waals surface area contributed by atoms with Crippen LogP contribution < -0.4 is 0 Å². The van der Waals surface area contributed by atoms with Gasteiger partial charge in [0.05, 0.1) is 11.1 Å². The van der Waals surface area contributed by atoms with Gasteiger partial charge >= 0.3 is 20.1 Å². The Labute approximate surface area is 280 Å².